The maximum Gasteiger partial charge on any atom is 0.320 e. The number of carboxylic acid groups (broad SMARTS) is 1. The molecule has 0 aromatic rings. The fourth-order valence-corrected chi connectivity index (χ4v) is 3.33. The second-order valence-electron chi connectivity index (χ2n) is 6.32. The van der Waals surface area contributed by atoms with Gasteiger partial charge in [0.15, 0.2) is 0 Å². The van der Waals surface area contributed by atoms with Crippen LogP contribution in [-0.4, -0.2) is 65.2 Å². The Labute approximate surface area is 126 Å². The molecule has 1 heterocycles. The predicted octanol–water partition coefficient (Wildman–Crippen LogP) is 1.37. The summed E-state index contributed by atoms with van der Waals surface area (Å²) < 4.78 is 0. The summed E-state index contributed by atoms with van der Waals surface area (Å²) in [4.78, 5) is 26.9. The number of carbonyl (C=O) groups is 2. The monoisotopic (exact) mass is 297 g/mol. The van der Waals surface area contributed by atoms with Gasteiger partial charge in [0.1, 0.15) is 6.04 Å². The van der Waals surface area contributed by atoms with E-state index >= 15 is 0 Å². The molecule has 1 saturated heterocycles. The first-order valence-corrected chi connectivity index (χ1v) is 8.01. The summed E-state index contributed by atoms with van der Waals surface area (Å²) in [6.07, 6.45) is 4.98. The van der Waals surface area contributed by atoms with E-state index in [1.54, 1.807) is 11.8 Å². The van der Waals surface area contributed by atoms with Gasteiger partial charge in [-0.3, -0.25) is 9.69 Å². The number of urea groups is 1. The molecule has 6 heteroatoms. The van der Waals surface area contributed by atoms with E-state index in [9.17, 15) is 9.59 Å². The molecule has 1 saturated carbocycles. The second-order valence-corrected chi connectivity index (χ2v) is 6.32. The van der Waals surface area contributed by atoms with Gasteiger partial charge in [0, 0.05) is 32.2 Å². The van der Waals surface area contributed by atoms with Crippen molar-refractivity contribution >= 4 is 12.0 Å². The van der Waals surface area contributed by atoms with E-state index in [2.05, 4.69) is 12.2 Å². The van der Waals surface area contributed by atoms with Crippen LogP contribution in [0.2, 0.25) is 0 Å². The third-order valence-electron chi connectivity index (χ3n) is 4.96. The summed E-state index contributed by atoms with van der Waals surface area (Å²) in [5.41, 5.74) is 0. The van der Waals surface area contributed by atoms with Gasteiger partial charge in [-0.1, -0.05) is 12.8 Å². The molecular weight excluding hydrogens is 270 g/mol. The lowest BCUT2D eigenvalue weighted by Crippen LogP contribution is -2.56. The van der Waals surface area contributed by atoms with Gasteiger partial charge in [-0.05, 0) is 32.6 Å². The van der Waals surface area contributed by atoms with E-state index < -0.39 is 12.0 Å². The van der Waals surface area contributed by atoms with Crippen LogP contribution in [0.4, 0.5) is 4.79 Å². The summed E-state index contributed by atoms with van der Waals surface area (Å²) in [5.74, 6) is -0.190. The van der Waals surface area contributed by atoms with Crippen LogP contribution in [0, 0.1) is 5.92 Å². The number of nitrogens with one attached hydrogen (secondary N) is 1. The Morgan fingerprint density at radius 2 is 1.67 bits per heavy atom. The van der Waals surface area contributed by atoms with Gasteiger partial charge in [0.2, 0.25) is 0 Å². The molecule has 1 aliphatic carbocycles. The molecule has 2 amide bonds. The van der Waals surface area contributed by atoms with Gasteiger partial charge in [0.25, 0.3) is 0 Å². The third-order valence-corrected chi connectivity index (χ3v) is 4.96. The smallest absolute Gasteiger partial charge is 0.320 e. The normalized spacial score (nSPS) is 23.8. The van der Waals surface area contributed by atoms with Crippen molar-refractivity contribution in [2.75, 3.05) is 26.2 Å². The molecule has 2 atom stereocenters. The van der Waals surface area contributed by atoms with E-state index in [1.165, 1.54) is 25.7 Å². The number of hydrogen-bond acceptors (Lipinski definition) is 3. The largest absolute Gasteiger partial charge is 0.480 e. The molecule has 2 fully saturated rings. The molecule has 0 spiro atoms. The Balaban J connectivity index is 1.76. The van der Waals surface area contributed by atoms with E-state index in [1.807, 2.05) is 4.90 Å². The van der Waals surface area contributed by atoms with Crippen molar-refractivity contribution in [2.24, 2.45) is 5.92 Å². The first kappa shape index (κ1) is 16.1. The highest BCUT2D eigenvalue weighted by atomic mass is 16.4. The quantitative estimate of drug-likeness (QED) is 0.822. The third kappa shape index (κ3) is 4.09. The van der Waals surface area contributed by atoms with Gasteiger partial charge >= 0.3 is 12.0 Å². The van der Waals surface area contributed by atoms with Crippen LogP contribution in [0.15, 0.2) is 0 Å². The Morgan fingerprint density at radius 3 is 2.19 bits per heavy atom. The average Bonchev–Trinajstić information content (AvgIpc) is 3.00. The van der Waals surface area contributed by atoms with E-state index in [0.717, 1.165) is 0 Å². The first-order valence-electron chi connectivity index (χ1n) is 8.01. The summed E-state index contributed by atoms with van der Waals surface area (Å²) in [6.45, 7) is 6.23. The van der Waals surface area contributed by atoms with Crippen LogP contribution in [0.1, 0.15) is 39.5 Å². The zero-order valence-electron chi connectivity index (χ0n) is 13.0. The molecule has 120 valence electrons. The highest BCUT2D eigenvalue weighted by Crippen LogP contribution is 2.27. The molecule has 21 heavy (non-hydrogen) atoms. The number of piperazine rings is 1. The van der Waals surface area contributed by atoms with E-state index in [4.69, 9.17) is 5.11 Å². The molecule has 0 radical (unpaired) electrons. The maximum atomic E-state index is 12.3. The molecule has 1 aliphatic heterocycles. The van der Waals surface area contributed by atoms with Crippen LogP contribution in [0.25, 0.3) is 0 Å². The minimum Gasteiger partial charge on any atom is -0.480 e. The fourth-order valence-electron chi connectivity index (χ4n) is 3.33. The average molecular weight is 297 g/mol. The van der Waals surface area contributed by atoms with Crippen molar-refractivity contribution < 1.29 is 14.7 Å². The molecule has 2 aliphatic rings. The van der Waals surface area contributed by atoms with Crippen LogP contribution in [-0.2, 0) is 4.79 Å². The summed E-state index contributed by atoms with van der Waals surface area (Å²) in [7, 11) is 0. The minimum absolute atomic E-state index is 0.00275. The van der Waals surface area contributed by atoms with Gasteiger partial charge < -0.3 is 15.3 Å². The van der Waals surface area contributed by atoms with Crippen molar-refractivity contribution in [3.63, 3.8) is 0 Å². The van der Waals surface area contributed by atoms with Crippen LogP contribution in [0.5, 0.6) is 0 Å². The number of hydrogen-bond donors (Lipinski definition) is 2. The molecule has 0 bridgehead atoms. The lowest BCUT2D eigenvalue weighted by atomic mass is 10.00. The second kappa shape index (κ2) is 7.11. The highest BCUT2D eigenvalue weighted by molar-refractivity contribution is 5.75. The summed E-state index contributed by atoms with van der Waals surface area (Å²) in [6, 6.07) is -0.249. The SMILES string of the molecule is CC(NC(=O)N1CCN(C(C)C(=O)O)CC1)C1CCCC1. The lowest BCUT2D eigenvalue weighted by molar-refractivity contribution is -0.143. The lowest BCUT2D eigenvalue weighted by Gasteiger charge is -2.37. The van der Waals surface area contributed by atoms with Crippen molar-refractivity contribution in [1.29, 1.82) is 0 Å². The van der Waals surface area contributed by atoms with Gasteiger partial charge in [-0.2, -0.15) is 0 Å². The molecule has 0 aromatic carbocycles. The van der Waals surface area contributed by atoms with Crippen LogP contribution < -0.4 is 5.32 Å². The number of nitrogens with zero attached hydrogens (tertiary/aromatic N) is 2. The van der Waals surface area contributed by atoms with Gasteiger partial charge in [-0.25, -0.2) is 4.79 Å². The summed E-state index contributed by atoms with van der Waals surface area (Å²) >= 11 is 0. The predicted molar refractivity (Wildman–Crippen MR) is 80.2 cm³/mol. The Kier molecular flexibility index (Phi) is 5.45. The Morgan fingerprint density at radius 1 is 1.10 bits per heavy atom. The molecule has 6 nitrogen and oxygen atoms in total. The number of amides is 2. The number of carboxylic acids is 1. The van der Waals surface area contributed by atoms with Crippen molar-refractivity contribution in [1.82, 2.24) is 15.1 Å². The van der Waals surface area contributed by atoms with Crippen LogP contribution in [0.3, 0.4) is 0 Å². The minimum atomic E-state index is -0.803. The number of aliphatic carboxylic acids is 1. The molecule has 2 rings (SSSR count). The molecular formula is C15H27N3O3. The van der Waals surface area contributed by atoms with Crippen molar-refractivity contribution in [2.45, 2.75) is 51.6 Å². The van der Waals surface area contributed by atoms with Gasteiger partial charge in [0.05, 0.1) is 0 Å². The molecule has 0 aromatic heterocycles. The van der Waals surface area contributed by atoms with E-state index in [-0.39, 0.29) is 12.1 Å². The topological polar surface area (TPSA) is 72.9 Å². The zero-order chi connectivity index (χ0) is 15.4. The molecule has 2 unspecified atom stereocenters. The highest BCUT2D eigenvalue weighted by Gasteiger charge is 2.29. The number of rotatable bonds is 4. The van der Waals surface area contributed by atoms with Gasteiger partial charge in [-0.15, -0.1) is 0 Å². The number of carbonyl (C=O) groups excluding carboxylic acids is 1. The van der Waals surface area contributed by atoms with Crippen molar-refractivity contribution in [3.05, 3.63) is 0 Å². The van der Waals surface area contributed by atoms with Crippen molar-refractivity contribution in [3.8, 4) is 0 Å². The standard InChI is InChI=1S/C15H27N3O3/c1-11(13-5-3-4-6-13)16-15(21)18-9-7-17(8-10-18)12(2)14(19)20/h11-13H,3-10H2,1-2H3,(H,16,21)(H,19,20). The molecule has 2 N–H and O–H groups in total. The van der Waals surface area contributed by atoms with Crippen LogP contribution >= 0.6 is 0 Å². The Bertz CT molecular complexity index is 374. The zero-order valence-corrected chi connectivity index (χ0v) is 13.0. The fraction of sp³-hybridized carbons (Fsp3) is 0.867. The maximum absolute atomic E-state index is 12.3. The Hall–Kier alpha value is -1.30. The summed E-state index contributed by atoms with van der Waals surface area (Å²) in [5, 5.41) is 12.1. The van der Waals surface area contributed by atoms with E-state index in [0.29, 0.717) is 32.1 Å². The first-order chi connectivity index (χ1) is 9.99.